The summed E-state index contributed by atoms with van der Waals surface area (Å²) in [5, 5.41) is 0. The number of carbonyl (C=O) groups excluding carboxylic acids is 3. The van der Waals surface area contributed by atoms with Crippen LogP contribution < -0.4 is 0 Å². The Labute approximate surface area is 104 Å². The molecule has 0 aliphatic carbocycles. The molecule has 0 bridgehead atoms. The van der Waals surface area contributed by atoms with Gasteiger partial charge in [0, 0.05) is 0 Å². The van der Waals surface area contributed by atoms with Crippen LogP contribution in [-0.4, -0.2) is 38.5 Å². The minimum Gasteiger partial charge on any atom is -0.468 e. The summed E-state index contributed by atoms with van der Waals surface area (Å²) < 4.78 is 25.0. The Morgan fingerprint density at radius 2 is 1.78 bits per heavy atom. The second-order valence-electron chi connectivity index (χ2n) is 3.41. The number of hydrogen-bond acceptors (Lipinski definition) is 6. The van der Waals surface area contributed by atoms with Gasteiger partial charge in [0.1, 0.15) is 0 Å². The second kappa shape index (κ2) is 9.38. The lowest BCUT2D eigenvalue weighted by molar-refractivity contribution is -0.160. The summed E-state index contributed by atoms with van der Waals surface area (Å²) >= 11 is 0. The van der Waals surface area contributed by atoms with Crippen molar-refractivity contribution in [3.05, 3.63) is 0 Å². The first kappa shape index (κ1) is 16.3. The fourth-order valence-electron chi connectivity index (χ4n) is 1.32. The first-order valence-electron chi connectivity index (χ1n) is 5.59. The number of ether oxygens (including phenoxy) is 3. The van der Waals surface area contributed by atoms with Crippen LogP contribution in [0.1, 0.15) is 26.2 Å². The molecule has 0 aromatic heterocycles. The number of hydrogen-bond donors (Lipinski definition) is 0. The van der Waals surface area contributed by atoms with E-state index in [1.165, 1.54) is 7.11 Å². The van der Waals surface area contributed by atoms with Crippen molar-refractivity contribution >= 4 is 18.2 Å². The van der Waals surface area contributed by atoms with Gasteiger partial charge in [0.05, 0.1) is 20.3 Å². The molecule has 0 rings (SSSR count). The van der Waals surface area contributed by atoms with E-state index in [0.29, 0.717) is 12.8 Å². The van der Waals surface area contributed by atoms with Gasteiger partial charge in [0.2, 0.25) is 0 Å². The minimum atomic E-state index is -1.84. The van der Waals surface area contributed by atoms with Crippen LogP contribution in [0.5, 0.6) is 0 Å². The van der Waals surface area contributed by atoms with Gasteiger partial charge in [-0.2, -0.15) is 0 Å². The van der Waals surface area contributed by atoms with Crippen molar-refractivity contribution in [3.8, 4) is 0 Å². The third-order valence-corrected chi connectivity index (χ3v) is 2.16. The highest BCUT2D eigenvalue weighted by Gasteiger charge is 2.28. The fourth-order valence-corrected chi connectivity index (χ4v) is 1.32. The number of esters is 2. The summed E-state index contributed by atoms with van der Waals surface area (Å²) in [4.78, 5) is 32.6. The molecular weight excluding hydrogens is 247 g/mol. The van der Waals surface area contributed by atoms with Crippen LogP contribution >= 0.6 is 0 Å². The van der Waals surface area contributed by atoms with E-state index in [4.69, 9.17) is 4.74 Å². The molecule has 6 nitrogen and oxygen atoms in total. The molecule has 104 valence electrons. The van der Waals surface area contributed by atoms with Crippen molar-refractivity contribution in [1.29, 1.82) is 0 Å². The molecule has 0 saturated heterocycles. The highest BCUT2D eigenvalue weighted by molar-refractivity contribution is 5.94. The Balaban J connectivity index is 4.05. The van der Waals surface area contributed by atoms with E-state index in [9.17, 15) is 18.8 Å². The standard InChI is InChI=1S/C11H17FO6/c1-3-17-10(14)8(9(13)16-2)6-4-5-7-18-11(12)15/h8H,3-7H2,1-2H3. The van der Waals surface area contributed by atoms with Crippen LogP contribution in [0.25, 0.3) is 0 Å². The van der Waals surface area contributed by atoms with Crippen molar-refractivity contribution in [2.45, 2.75) is 26.2 Å². The van der Waals surface area contributed by atoms with E-state index >= 15 is 0 Å². The van der Waals surface area contributed by atoms with Crippen LogP contribution in [0, 0.1) is 5.92 Å². The molecule has 7 heteroatoms. The van der Waals surface area contributed by atoms with Crippen LogP contribution in [-0.2, 0) is 23.8 Å². The quantitative estimate of drug-likeness (QED) is 0.218. The lowest BCUT2D eigenvalue weighted by Crippen LogP contribution is -2.27. The normalized spacial score (nSPS) is 11.5. The average Bonchev–Trinajstić information content (AvgIpc) is 2.32. The molecule has 0 aliphatic rings. The molecule has 0 N–H and O–H groups in total. The van der Waals surface area contributed by atoms with E-state index in [-0.39, 0.29) is 19.6 Å². The number of halogens is 1. The first-order valence-corrected chi connectivity index (χ1v) is 5.59. The highest BCUT2D eigenvalue weighted by atomic mass is 19.1. The number of carbonyl (C=O) groups is 3. The molecule has 0 aromatic carbocycles. The monoisotopic (exact) mass is 264 g/mol. The van der Waals surface area contributed by atoms with E-state index in [1.54, 1.807) is 6.92 Å². The zero-order valence-electron chi connectivity index (χ0n) is 10.4. The van der Waals surface area contributed by atoms with Gasteiger partial charge in [0.15, 0.2) is 5.92 Å². The lowest BCUT2D eigenvalue weighted by Gasteiger charge is -2.12. The smallest absolute Gasteiger partial charge is 0.468 e. The molecule has 18 heavy (non-hydrogen) atoms. The Kier molecular flexibility index (Phi) is 8.51. The van der Waals surface area contributed by atoms with Gasteiger partial charge in [-0.05, 0) is 26.2 Å². The van der Waals surface area contributed by atoms with Crippen molar-refractivity contribution in [3.63, 3.8) is 0 Å². The Morgan fingerprint density at radius 3 is 2.28 bits per heavy atom. The lowest BCUT2D eigenvalue weighted by atomic mass is 10.0. The van der Waals surface area contributed by atoms with Gasteiger partial charge in [-0.3, -0.25) is 9.59 Å². The maximum absolute atomic E-state index is 11.7. The molecule has 0 fully saturated rings. The molecule has 0 amide bonds. The van der Waals surface area contributed by atoms with Gasteiger partial charge in [0.25, 0.3) is 0 Å². The van der Waals surface area contributed by atoms with Gasteiger partial charge in [-0.1, -0.05) is 0 Å². The molecular formula is C11H17FO6. The van der Waals surface area contributed by atoms with Crippen molar-refractivity contribution < 1.29 is 33.0 Å². The predicted octanol–water partition coefficient (Wildman–Crippen LogP) is 1.62. The topological polar surface area (TPSA) is 78.9 Å². The summed E-state index contributed by atoms with van der Waals surface area (Å²) in [5.41, 5.74) is 0. The molecule has 0 spiro atoms. The molecule has 1 atom stereocenters. The zero-order valence-corrected chi connectivity index (χ0v) is 10.4. The third-order valence-electron chi connectivity index (χ3n) is 2.16. The maximum Gasteiger partial charge on any atom is 0.495 e. The van der Waals surface area contributed by atoms with Crippen LogP contribution in [0.4, 0.5) is 9.18 Å². The fraction of sp³-hybridized carbons (Fsp3) is 0.727. The van der Waals surface area contributed by atoms with Crippen molar-refractivity contribution in [1.82, 2.24) is 0 Å². The Bertz CT molecular complexity index is 291. The SMILES string of the molecule is CCOC(=O)C(CCCCOC(=O)F)C(=O)OC. The van der Waals surface area contributed by atoms with Gasteiger partial charge < -0.3 is 14.2 Å². The molecule has 0 aliphatic heterocycles. The summed E-state index contributed by atoms with van der Waals surface area (Å²) in [7, 11) is 1.18. The molecule has 0 heterocycles. The molecule has 0 saturated carbocycles. The largest absolute Gasteiger partial charge is 0.495 e. The summed E-state index contributed by atoms with van der Waals surface area (Å²) in [6.45, 7) is 1.71. The van der Waals surface area contributed by atoms with E-state index in [2.05, 4.69) is 9.47 Å². The van der Waals surface area contributed by atoms with Crippen molar-refractivity contribution in [2.75, 3.05) is 20.3 Å². The van der Waals surface area contributed by atoms with Crippen LogP contribution in [0.15, 0.2) is 0 Å². The third kappa shape index (κ3) is 6.82. The summed E-state index contributed by atoms with van der Waals surface area (Å²) in [6.07, 6.45) is -0.881. The summed E-state index contributed by atoms with van der Waals surface area (Å²) in [5.74, 6) is -2.31. The zero-order chi connectivity index (χ0) is 14.0. The Morgan fingerprint density at radius 1 is 1.11 bits per heavy atom. The van der Waals surface area contributed by atoms with Crippen molar-refractivity contribution in [2.24, 2.45) is 5.92 Å². The highest BCUT2D eigenvalue weighted by Crippen LogP contribution is 2.13. The number of methoxy groups -OCH3 is 1. The average molecular weight is 264 g/mol. The van der Waals surface area contributed by atoms with Gasteiger partial charge in [-0.15, -0.1) is 4.39 Å². The first-order chi connectivity index (χ1) is 8.52. The second-order valence-corrected chi connectivity index (χ2v) is 3.41. The Hall–Kier alpha value is -1.66. The molecule has 0 radical (unpaired) electrons. The van der Waals surface area contributed by atoms with E-state index in [1.807, 2.05) is 0 Å². The van der Waals surface area contributed by atoms with Crippen LogP contribution in [0.2, 0.25) is 0 Å². The summed E-state index contributed by atoms with van der Waals surface area (Å²) in [6, 6.07) is 0. The van der Waals surface area contributed by atoms with Gasteiger partial charge in [-0.25, -0.2) is 4.79 Å². The number of unbranched alkanes of at least 4 members (excludes halogenated alkanes) is 1. The van der Waals surface area contributed by atoms with Crippen LogP contribution in [0.3, 0.4) is 0 Å². The maximum atomic E-state index is 11.7. The van der Waals surface area contributed by atoms with E-state index in [0.717, 1.165) is 0 Å². The van der Waals surface area contributed by atoms with Gasteiger partial charge >= 0.3 is 18.2 Å². The molecule has 1 unspecified atom stereocenters. The predicted molar refractivity (Wildman–Crippen MR) is 58.4 cm³/mol. The number of rotatable bonds is 8. The minimum absolute atomic E-state index is 0.0912. The van der Waals surface area contributed by atoms with E-state index < -0.39 is 24.1 Å². The molecule has 0 aromatic rings.